The van der Waals surface area contributed by atoms with Crippen molar-refractivity contribution in [3.05, 3.63) is 54.3 Å². The van der Waals surface area contributed by atoms with Crippen LogP contribution < -0.4 is 10.6 Å². The van der Waals surface area contributed by atoms with Crippen molar-refractivity contribution in [3.63, 3.8) is 0 Å². The van der Waals surface area contributed by atoms with Crippen LogP contribution in [0.2, 0.25) is 0 Å². The van der Waals surface area contributed by atoms with Crippen LogP contribution in [-0.2, 0) is 6.18 Å². The van der Waals surface area contributed by atoms with Gasteiger partial charge >= 0.3 is 6.18 Å². The number of amides is 1. The Morgan fingerprint density at radius 1 is 1.22 bits per heavy atom. The van der Waals surface area contributed by atoms with Gasteiger partial charge in [-0.3, -0.25) is 9.48 Å². The number of carbonyl (C=O) groups is 1. The molecule has 11 heteroatoms. The summed E-state index contributed by atoms with van der Waals surface area (Å²) >= 11 is 0. The zero-order valence-corrected chi connectivity index (χ0v) is 20.5. The van der Waals surface area contributed by atoms with Crippen LogP contribution >= 0.6 is 0 Å². The SMILES string of the molecule is C=C(C)C1CCC(n2cc(NC(=O)c3coc(-c4ccnc(NCC5CC5)c4)n3)c(C(F)(F)F)n2)CC1. The molecule has 0 atom stereocenters. The van der Waals surface area contributed by atoms with Crippen LogP contribution in [-0.4, -0.2) is 32.2 Å². The first-order valence-corrected chi connectivity index (χ1v) is 12.5. The van der Waals surface area contributed by atoms with E-state index >= 15 is 0 Å². The molecule has 0 aliphatic heterocycles. The topological polar surface area (TPSA) is 97.9 Å². The molecular formula is C26H29F3N6O2. The highest BCUT2D eigenvalue weighted by atomic mass is 19.4. The molecule has 0 bridgehead atoms. The Morgan fingerprint density at radius 3 is 2.65 bits per heavy atom. The van der Waals surface area contributed by atoms with E-state index in [1.54, 1.807) is 18.3 Å². The Hall–Kier alpha value is -3.63. The highest BCUT2D eigenvalue weighted by molar-refractivity contribution is 6.03. The molecule has 2 aliphatic carbocycles. The van der Waals surface area contributed by atoms with E-state index in [2.05, 4.69) is 32.3 Å². The molecule has 3 aromatic rings. The summed E-state index contributed by atoms with van der Waals surface area (Å²) in [6.45, 7) is 6.80. The molecule has 3 heterocycles. The standard InChI is InChI=1S/C26H29F3N6O2/c1-15(2)17-5-7-19(8-6-17)35-13-20(23(34-35)26(27,28)29)32-24(36)21-14-37-25(33-21)18-9-10-30-22(11-18)31-12-16-3-4-16/h9-11,13-14,16-17,19H,1,3-8,12H2,2H3,(H,30,31)(H,32,36). The van der Waals surface area contributed by atoms with Crippen LogP contribution in [0, 0.1) is 11.8 Å². The third kappa shape index (κ3) is 5.86. The fraction of sp³-hybridized carbons (Fsp3) is 0.462. The second-order valence-electron chi connectivity index (χ2n) is 9.97. The Bertz CT molecular complexity index is 1290. The minimum absolute atomic E-state index is 0.137. The van der Waals surface area contributed by atoms with E-state index in [1.165, 1.54) is 23.7 Å². The van der Waals surface area contributed by atoms with E-state index in [0.29, 0.717) is 36.1 Å². The highest BCUT2D eigenvalue weighted by Crippen LogP contribution is 2.39. The molecule has 2 aliphatic rings. The molecule has 37 heavy (non-hydrogen) atoms. The van der Waals surface area contributed by atoms with E-state index < -0.39 is 23.5 Å². The summed E-state index contributed by atoms with van der Waals surface area (Å²) in [6.07, 6.45) is 4.74. The first-order valence-electron chi connectivity index (χ1n) is 12.5. The van der Waals surface area contributed by atoms with Gasteiger partial charge < -0.3 is 15.1 Å². The fourth-order valence-electron chi connectivity index (χ4n) is 4.64. The number of nitrogens with zero attached hydrogens (tertiary/aromatic N) is 4. The third-order valence-electron chi connectivity index (χ3n) is 7.03. The summed E-state index contributed by atoms with van der Waals surface area (Å²) < 4.78 is 48.0. The minimum Gasteiger partial charge on any atom is -0.444 e. The third-order valence-corrected chi connectivity index (χ3v) is 7.03. The largest absolute Gasteiger partial charge is 0.444 e. The van der Waals surface area contributed by atoms with E-state index in [1.807, 2.05) is 6.92 Å². The number of alkyl halides is 3. The van der Waals surface area contributed by atoms with E-state index in [9.17, 15) is 18.0 Å². The normalized spacial score (nSPS) is 20.0. The molecular weight excluding hydrogens is 485 g/mol. The van der Waals surface area contributed by atoms with Crippen molar-refractivity contribution < 1.29 is 22.4 Å². The molecule has 0 unspecified atom stereocenters. The van der Waals surface area contributed by atoms with Gasteiger partial charge in [-0.2, -0.15) is 18.3 Å². The molecule has 196 valence electrons. The van der Waals surface area contributed by atoms with Gasteiger partial charge in [0.25, 0.3) is 5.91 Å². The lowest BCUT2D eigenvalue weighted by atomic mass is 9.82. The van der Waals surface area contributed by atoms with Crippen LogP contribution in [0.1, 0.15) is 67.7 Å². The van der Waals surface area contributed by atoms with Crippen molar-refractivity contribution in [2.24, 2.45) is 11.8 Å². The number of hydrogen-bond donors (Lipinski definition) is 2. The Morgan fingerprint density at radius 2 is 1.97 bits per heavy atom. The Balaban J connectivity index is 1.30. The molecule has 3 aromatic heterocycles. The van der Waals surface area contributed by atoms with Gasteiger partial charge in [0.1, 0.15) is 12.1 Å². The summed E-state index contributed by atoms with van der Waals surface area (Å²) in [4.78, 5) is 21.3. The maximum absolute atomic E-state index is 13.7. The molecule has 2 fully saturated rings. The quantitative estimate of drug-likeness (QED) is 0.341. The molecule has 5 rings (SSSR count). The molecule has 2 N–H and O–H groups in total. The minimum atomic E-state index is -4.72. The molecule has 0 spiro atoms. The maximum atomic E-state index is 13.7. The van der Waals surface area contributed by atoms with Gasteiger partial charge in [-0.25, -0.2) is 9.97 Å². The lowest BCUT2D eigenvalue weighted by molar-refractivity contribution is -0.141. The lowest BCUT2D eigenvalue weighted by Crippen LogP contribution is -2.19. The summed E-state index contributed by atoms with van der Waals surface area (Å²) in [6, 6.07) is 3.27. The molecule has 0 saturated heterocycles. The highest BCUT2D eigenvalue weighted by Gasteiger charge is 2.39. The average molecular weight is 515 g/mol. The zero-order valence-electron chi connectivity index (χ0n) is 20.5. The summed E-state index contributed by atoms with van der Waals surface area (Å²) in [5, 5.41) is 9.40. The Kier molecular flexibility index (Phi) is 6.78. The lowest BCUT2D eigenvalue weighted by Gasteiger charge is -2.28. The molecule has 1 amide bonds. The second kappa shape index (κ2) is 10.0. The second-order valence-corrected chi connectivity index (χ2v) is 9.97. The zero-order chi connectivity index (χ0) is 26.2. The van der Waals surface area contributed by atoms with Crippen LogP contribution in [0.4, 0.5) is 24.7 Å². The van der Waals surface area contributed by atoms with E-state index in [-0.39, 0.29) is 17.6 Å². The number of halogens is 3. The van der Waals surface area contributed by atoms with Crippen molar-refractivity contribution in [3.8, 4) is 11.5 Å². The summed E-state index contributed by atoms with van der Waals surface area (Å²) in [5.74, 6) is 1.06. The van der Waals surface area contributed by atoms with Crippen LogP contribution in [0.25, 0.3) is 11.5 Å². The summed E-state index contributed by atoms with van der Waals surface area (Å²) in [5.41, 5.74) is 0.0163. The molecule has 0 radical (unpaired) electrons. The summed E-state index contributed by atoms with van der Waals surface area (Å²) in [7, 11) is 0. The monoisotopic (exact) mass is 514 g/mol. The number of allylic oxidation sites excluding steroid dienone is 1. The first-order chi connectivity index (χ1) is 17.7. The van der Waals surface area contributed by atoms with Gasteiger partial charge in [-0.15, -0.1) is 0 Å². The molecule has 8 nitrogen and oxygen atoms in total. The van der Waals surface area contributed by atoms with Crippen molar-refractivity contribution in [2.75, 3.05) is 17.2 Å². The predicted molar refractivity (Wildman–Crippen MR) is 132 cm³/mol. The number of carbonyl (C=O) groups excluding carboxylic acids is 1. The van der Waals surface area contributed by atoms with Gasteiger partial charge in [0, 0.05) is 24.5 Å². The van der Waals surface area contributed by atoms with Gasteiger partial charge in [-0.1, -0.05) is 12.2 Å². The van der Waals surface area contributed by atoms with E-state index in [4.69, 9.17) is 4.42 Å². The average Bonchev–Trinajstić information content (AvgIpc) is 3.38. The number of rotatable bonds is 8. The van der Waals surface area contributed by atoms with Crippen LogP contribution in [0.5, 0.6) is 0 Å². The predicted octanol–water partition coefficient (Wildman–Crippen LogP) is 6.33. The first kappa shape index (κ1) is 25.0. The van der Waals surface area contributed by atoms with Gasteiger partial charge in [-0.05, 0) is 69.4 Å². The number of pyridine rings is 1. The van der Waals surface area contributed by atoms with Crippen LogP contribution in [0.3, 0.4) is 0 Å². The number of hydrogen-bond acceptors (Lipinski definition) is 6. The Labute approximate surface area is 212 Å². The number of nitrogens with one attached hydrogen (secondary N) is 2. The van der Waals surface area contributed by atoms with Crippen molar-refractivity contribution in [2.45, 2.75) is 57.7 Å². The van der Waals surface area contributed by atoms with E-state index in [0.717, 1.165) is 31.2 Å². The fourth-order valence-corrected chi connectivity index (χ4v) is 4.64. The number of anilines is 2. The maximum Gasteiger partial charge on any atom is 0.437 e. The van der Waals surface area contributed by atoms with Gasteiger partial charge in [0.2, 0.25) is 5.89 Å². The van der Waals surface area contributed by atoms with Crippen molar-refractivity contribution in [1.82, 2.24) is 19.7 Å². The van der Waals surface area contributed by atoms with Crippen molar-refractivity contribution in [1.29, 1.82) is 0 Å². The number of oxazole rings is 1. The van der Waals surface area contributed by atoms with Crippen molar-refractivity contribution >= 4 is 17.4 Å². The van der Waals surface area contributed by atoms with Crippen LogP contribution in [0.15, 0.2) is 47.4 Å². The van der Waals surface area contributed by atoms with Gasteiger partial charge in [0.05, 0.1) is 11.7 Å². The number of aromatic nitrogens is 4. The van der Waals surface area contributed by atoms with Gasteiger partial charge in [0.15, 0.2) is 11.4 Å². The smallest absolute Gasteiger partial charge is 0.437 e. The molecule has 0 aromatic carbocycles. The molecule has 2 saturated carbocycles.